The van der Waals surface area contributed by atoms with Crippen molar-refractivity contribution in [2.75, 3.05) is 0 Å². The smallest absolute Gasteiger partial charge is 0.406 e. The van der Waals surface area contributed by atoms with Crippen LogP contribution in [0.2, 0.25) is 0 Å². The van der Waals surface area contributed by atoms with Gasteiger partial charge in [-0.3, -0.25) is 0 Å². The Balaban J connectivity index is 1.46. The summed E-state index contributed by atoms with van der Waals surface area (Å²) in [6, 6.07) is 14.9. The summed E-state index contributed by atoms with van der Waals surface area (Å²) >= 11 is 0. The monoisotopic (exact) mass is 428 g/mol. The van der Waals surface area contributed by atoms with Gasteiger partial charge in [0.1, 0.15) is 5.75 Å². The molecule has 0 atom stereocenters. The fraction of sp³-hybridized carbons (Fsp3) is 0.481. The molecule has 1 nitrogen and oxygen atoms in total. The molecule has 3 rings (SSSR count). The van der Waals surface area contributed by atoms with Gasteiger partial charge in [-0.2, -0.15) is 0 Å². The average molecular weight is 429 g/mol. The number of halogens is 3. The lowest BCUT2D eigenvalue weighted by Gasteiger charge is -2.26. The third-order valence-electron chi connectivity index (χ3n) is 6.01. The van der Waals surface area contributed by atoms with Crippen molar-refractivity contribution in [3.05, 3.63) is 65.2 Å². The Morgan fingerprint density at radius 1 is 0.871 bits per heavy atom. The zero-order valence-corrected chi connectivity index (χ0v) is 18.2. The van der Waals surface area contributed by atoms with Gasteiger partial charge in [0.15, 0.2) is 0 Å². The SMILES string of the molecule is CCCCCCc1ccc([C@H]2CC[C@H](C#Cc3ccc(OC(F)(F)F)cc3)CC2)cc1. The molecule has 0 heterocycles. The number of alkyl halides is 3. The number of unbranched alkanes of at least 4 members (excludes halogenated alkanes) is 3. The largest absolute Gasteiger partial charge is 0.573 e. The first-order chi connectivity index (χ1) is 14.9. The first kappa shape index (κ1) is 23.3. The maximum absolute atomic E-state index is 12.2. The third-order valence-corrected chi connectivity index (χ3v) is 6.01. The Morgan fingerprint density at radius 2 is 1.55 bits per heavy atom. The van der Waals surface area contributed by atoms with Gasteiger partial charge in [-0.25, -0.2) is 0 Å². The maximum Gasteiger partial charge on any atom is 0.573 e. The zero-order valence-electron chi connectivity index (χ0n) is 18.2. The molecule has 0 bridgehead atoms. The molecule has 0 N–H and O–H groups in total. The fourth-order valence-corrected chi connectivity index (χ4v) is 4.21. The lowest BCUT2D eigenvalue weighted by Crippen LogP contribution is -2.16. The summed E-state index contributed by atoms with van der Waals surface area (Å²) in [6.07, 6.45) is 6.08. The van der Waals surface area contributed by atoms with E-state index in [4.69, 9.17) is 0 Å². The second-order valence-electron chi connectivity index (χ2n) is 8.44. The van der Waals surface area contributed by atoms with E-state index in [9.17, 15) is 13.2 Å². The molecule has 0 aromatic heterocycles. The number of benzene rings is 2. The van der Waals surface area contributed by atoms with Gasteiger partial charge in [0.2, 0.25) is 0 Å². The number of ether oxygens (including phenoxy) is 1. The Bertz CT molecular complexity index is 849. The summed E-state index contributed by atoms with van der Waals surface area (Å²) < 4.78 is 40.6. The minimum atomic E-state index is -4.67. The van der Waals surface area contributed by atoms with Gasteiger partial charge >= 0.3 is 6.36 Å². The molecule has 1 aliphatic rings. The second-order valence-corrected chi connectivity index (χ2v) is 8.44. The second kappa shape index (κ2) is 11.3. The maximum atomic E-state index is 12.2. The molecule has 1 saturated carbocycles. The van der Waals surface area contributed by atoms with Crippen molar-refractivity contribution in [1.29, 1.82) is 0 Å². The average Bonchev–Trinajstić information content (AvgIpc) is 2.76. The van der Waals surface area contributed by atoms with E-state index < -0.39 is 6.36 Å². The van der Waals surface area contributed by atoms with Crippen molar-refractivity contribution in [1.82, 2.24) is 0 Å². The number of hydrogen-bond acceptors (Lipinski definition) is 1. The molecule has 166 valence electrons. The number of hydrogen-bond donors (Lipinski definition) is 0. The number of aryl methyl sites for hydroxylation is 1. The Morgan fingerprint density at radius 3 is 2.16 bits per heavy atom. The summed E-state index contributed by atoms with van der Waals surface area (Å²) in [7, 11) is 0. The van der Waals surface area contributed by atoms with Crippen LogP contribution in [0.5, 0.6) is 5.75 Å². The Kier molecular flexibility index (Phi) is 8.46. The predicted octanol–water partition coefficient (Wildman–Crippen LogP) is 8.03. The molecular formula is C27H31F3O. The molecule has 0 aliphatic heterocycles. The van der Waals surface area contributed by atoms with Crippen LogP contribution >= 0.6 is 0 Å². The van der Waals surface area contributed by atoms with E-state index in [0.29, 0.717) is 17.4 Å². The zero-order chi connectivity index (χ0) is 22.1. The molecule has 0 radical (unpaired) electrons. The summed E-state index contributed by atoms with van der Waals surface area (Å²) in [4.78, 5) is 0. The lowest BCUT2D eigenvalue weighted by atomic mass is 9.78. The van der Waals surface area contributed by atoms with Crippen molar-refractivity contribution in [2.24, 2.45) is 5.92 Å². The summed E-state index contributed by atoms with van der Waals surface area (Å²) in [6.45, 7) is 2.24. The fourth-order valence-electron chi connectivity index (χ4n) is 4.21. The quantitative estimate of drug-likeness (QED) is 0.320. The molecule has 0 spiro atoms. The Hall–Kier alpha value is -2.41. The molecule has 0 saturated heterocycles. The highest BCUT2D eigenvalue weighted by atomic mass is 19.4. The van der Waals surface area contributed by atoms with Crippen LogP contribution in [0.25, 0.3) is 0 Å². The molecule has 0 unspecified atom stereocenters. The van der Waals surface area contributed by atoms with Gasteiger partial charge < -0.3 is 4.74 Å². The third kappa shape index (κ3) is 7.98. The molecule has 31 heavy (non-hydrogen) atoms. The van der Waals surface area contributed by atoms with Crippen molar-refractivity contribution >= 4 is 0 Å². The normalized spacial score (nSPS) is 18.8. The van der Waals surface area contributed by atoms with Gasteiger partial charge in [0.25, 0.3) is 0 Å². The van der Waals surface area contributed by atoms with E-state index in [1.54, 1.807) is 12.1 Å². The Labute approximate surface area is 184 Å². The molecule has 2 aromatic carbocycles. The first-order valence-electron chi connectivity index (χ1n) is 11.4. The van der Waals surface area contributed by atoms with Crippen LogP contribution in [0.4, 0.5) is 13.2 Å². The van der Waals surface area contributed by atoms with Gasteiger partial charge in [-0.1, -0.05) is 62.3 Å². The highest BCUT2D eigenvalue weighted by Gasteiger charge is 2.30. The van der Waals surface area contributed by atoms with E-state index >= 15 is 0 Å². The van der Waals surface area contributed by atoms with Crippen LogP contribution < -0.4 is 4.74 Å². The molecule has 1 aliphatic carbocycles. The van der Waals surface area contributed by atoms with Crippen molar-refractivity contribution in [3.8, 4) is 17.6 Å². The molecule has 2 aromatic rings. The van der Waals surface area contributed by atoms with Crippen LogP contribution in [0.15, 0.2) is 48.5 Å². The van der Waals surface area contributed by atoms with Crippen LogP contribution in [-0.2, 0) is 6.42 Å². The molecule has 1 fully saturated rings. The van der Waals surface area contributed by atoms with Crippen LogP contribution in [0.1, 0.15) is 80.9 Å². The highest BCUT2D eigenvalue weighted by molar-refractivity contribution is 5.38. The van der Waals surface area contributed by atoms with Crippen LogP contribution in [0.3, 0.4) is 0 Å². The van der Waals surface area contributed by atoms with E-state index in [1.807, 2.05) is 0 Å². The van der Waals surface area contributed by atoms with E-state index in [0.717, 1.165) is 25.7 Å². The van der Waals surface area contributed by atoms with Crippen molar-refractivity contribution in [2.45, 2.75) is 77.0 Å². The standard InChI is InChI=1S/C27H31F3O/c1-2-3-4-5-6-21-9-15-24(16-10-21)25-17-11-22(12-18-25)7-8-23-13-19-26(20-14-23)31-27(28,29)30/h9-10,13-16,19-20,22,25H,2-6,11-12,17-18H2,1H3/t22-,25-. The summed E-state index contributed by atoms with van der Waals surface area (Å²) in [5.41, 5.74) is 3.58. The van der Waals surface area contributed by atoms with Crippen molar-refractivity contribution < 1.29 is 17.9 Å². The molecule has 0 amide bonds. The predicted molar refractivity (Wildman–Crippen MR) is 119 cm³/mol. The minimum absolute atomic E-state index is 0.217. The van der Waals surface area contributed by atoms with E-state index in [1.165, 1.54) is 55.4 Å². The topological polar surface area (TPSA) is 9.23 Å². The van der Waals surface area contributed by atoms with E-state index in [-0.39, 0.29) is 5.75 Å². The van der Waals surface area contributed by atoms with Crippen LogP contribution in [-0.4, -0.2) is 6.36 Å². The van der Waals surface area contributed by atoms with Gasteiger partial charge in [-0.05, 0) is 79.8 Å². The molecular weight excluding hydrogens is 397 g/mol. The lowest BCUT2D eigenvalue weighted by molar-refractivity contribution is -0.274. The van der Waals surface area contributed by atoms with Gasteiger partial charge in [0, 0.05) is 11.5 Å². The summed E-state index contributed by atoms with van der Waals surface area (Å²) in [5, 5.41) is 0. The first-order valence-corrected chi connectivity index (χ1v) is 11.4. The summed E-state index contributed by atoms with van der Waals surface area (Å²) in [5.74, 6) is 7.15. The van der Waals surface area contributed by atoms with Crippen molar-refractivity contribution in [3.63, 3.8) is 0 Å². The molecule has 4 heteroatoms. The van der Waals surface area contributed by atoms with E-state index in [2.05, 4.69) is 47.8 Å². The van der Waals surface area contributed by atoms with Gasteiger partial charge in [-0.15, -0.1) is 13.2 Å². The minimum Gasteiger partial charge on any atom is -0.406 e. The van der Waals surface area contributed by atoms with Gasteiger partial charge in [0.05, 0.1) is 0 Å². The highest BCUT2D eigenvalue weighted by Crippen LogP contribution is 2.35. The number of rotatable bonds is 7. The van der Waals surface area contributed by atoms with Crippen LogP contribution in [0, 0.1) is 17.8 Å².